The minimum atomic E-state index is -0.611. The monoisotopic (exact) mass is 425 g/mol. The molecule has 1 aliphatic carbocycles. The first-order valence-electron chi connectivity index (χ1n) is 10.6. The van der Waals surface area contributed by atoms with Crippen molar-refractivity contribution in [3.05, 3.63) is 61.4 Å². The van der Waals surface area contributed by atoms with Crippen LogP contribution in [-0.2, 0) is 11.3 Å². The number of nitrogens with zero attached hydrogens (tertiary/aromatic N) is 1. The van der Waals surface area contributed by atoms with Crippen LogP contribution in [-0.4, -0.2) is 29.6 Å². The molecule has 0 amide bonds. The Morgan fingerprint density at radius 1 is 1.06 bits per heavy atom. The van der Waals surface area contributed by atoms with E-state index in [0.29, 0.717) is 53.4 Å². The molecule has 2 heterocycles. The molecule has 2 aromatic rings. The van der Waals surface area contributed by atoms with Gasteiger partial charge in [0.2, 0.25) is 0 Å². The summed E-state index contributed by atoms with van der Waals surface area (Å²) in [6.07, 6.45) is 3.55. The smallest absolute Gasteiger partial charge is 0.329 e. The number of ether oxygens (including phenoxy) is 2. The summed E-state index contributed by atoms with van der Waals surface area (Å²) in [7, 11) is 3.11. The number of benzene rings is 1. The number of methoxy groups -OCH3 is 2. The van der Waals surface area contributed by atoms with Crippen LogP contribution in [0.1, 0.15) is 56.1 Å². The summed E-state index contributed by atoms with van der Waals surface area (Å²) >= 11 is 0. The Balaban J connectivity index is 2.02. The van der Waals surface area contributed by atoms with E-state index < -0.39 is 17.2 Å². The van der Waals surface area contributed by atoms with Gasteiger partial charge < -0.3 is 14.8 Å². The van der Waals surface area contributed by atoms with E-state index in [1.807, 2.05) is 19.1 Å². The molecule has 2 aliphatic rings. The van der Waals surface area contributed by atoms with Crippen LogP contribution in [0.5, 0.6) is 11.5 Å². The number of nitrogens with one attached hydrogen (secondary N) is 2. The SMILES string of the molecule is CCCCn1c2c(c(=O)[nH]c1=O)C(c1cc(OC)cc(OC)c1)C1=C(CCCC1=O)N2. The summed E-state index contributed by atoms with van der Waals surface area (Å²) in [5.41, 5.74) is 1.52. The highest BCUT2D eigenvalue weighted by Gasteiger charge is 2.38. The number of H-pyrrole nitrogens is 1. The van der Waals surface area contributed by atoms with E-state index in [1.54, 1.807) is 24.9 Å². The van der Waals surface area contributed by atoms with Crippen LogP contribution >= 0.6 is 0 Å². The largest absolute Gasteiger partial charge is 0.497 e. The van der Waals surface area contributed by atoms with Crippen molar-refractivity contribution >= 4 is 11.6 Å². The van der Waals surface area contributed by atoms with Crippen LogP contribution in [0.15, 0.2) is 39.1 Å². The van der Waals surface area contributed by atoms with Crippen molar-refractivity contribution in [2.45, 2.75) is 51.5 Å². The van der Waals surface area contributed by atoms with E-state index in [0.717, 1.165) is 25.0 Å². The molecule has 8 heteroatoms. The maximum atomic E-state index is 13.1. The van der Waals surface area contributed by atoms with Crippen molar-refractivity contribution < 1.29 is 14.3 Å². The first-order chi connectivity index (χ1) is 15.0. The molecule has 1 aromatic heterocycles. The third-order valence-electron chi connectivity index (χ3n) is 5.98. The van der Waals surface area contributed by atoms with Gasteiger partial charge in [-0.1, -0.05) is 13.3 Å². The van der Waals surface area contributed by atoms with Crippen LogP contribution in [0.4, 0.5) is 5.82 Å². The van der Waals surface area contributed by atoms with Crippen molar-refractivity contribution in [1.29, 1.82) is 0 Å². The molecule has 1 unspecified atom stereocenters. The van der Waals surface area contributed by atoms with Crippen LogP contribution in [0, 0.1) is 0 Å². The molecule has 0 saturated heterocycles. The summed E-state index contributed by atoms with van der Waals surface area (Å²) in [5.74, 6) is 1.01. The van der Waals surface area contributed by atoms with Crippen LogP contribution in [0.25, 0.3) is 0 Å². The maximum absolute atomic E-state index is 13.1. The van der Waals surface area contributed by atoms with Gasteiger partial charge >= 0.3 is 5.69 Å². The van der Waals surface area contributed by atoms with E-state index >= 15 is 0 Å². The molecular formula is C23H27N3O5. The minimum absolute atomic E-state index is 0.0110. The predicted molar refractivity (Wildman–Crippen MR) is 117 cm³/mol. The molecule has 0 radical (unpaired) electrons. The van der Waals surface area contributed by atoms with Gasteiger partial charge in [0.05, 0.1) is 19.8 Å². The highest BCUT2D eigenvalue weighted by atomic mass is 16.5. The fourth-order valence-electron chi connectivity index (χ4n) is 4.46. The Kier molecular flexibility index (Phi) is 5.71. The Morgan fingerprint density at radius 2 is 1.77 bits per heavy atom. The van der Waals surface area contributed by atoms with Gasteiger partial charge in [0.15, 0.2) is 5.78 Å². The van der Waals surface area contributed by atoms with Crippen molar-refractivity contribution in [2.75, 3.05) is 19.5 Å². The lowest BCUT2D eigenvalue weighted by Crippen LogP contribution is -2.40. The molecule has 1 aliphatic heterocycles. The van der Waals surface area contributed by atoms with Gasteiger partial charge in [-0.2, -0.15) is 0 Å². The number of rotatable bonds is 6. The summed E-state index contributed by atoms with van der Waals surface area (Å²) in [4.78, 5) is 41.2. The first-order valence-corrected chi connectivity index (χ1v) is 10.6. The zero-order valence-corrected chi connectivity index (χ0v) is 18.0. The minimum Gasteiger partial charge on any atom is -0.497 e. The van der Waals surface area contributed by atoms with Crippen LogP contribution in [0.2, 0.25) is 0 Å². The van der Waals surface area contributed by atoms with Gasteiger partial charge in [0, 0.05) is 36.2 Å². The van der Waals surface area contributed by atoms with Gasteiger partial charge in [0.1, 0.15) is 17.3 Å². The topological polar surface area (TPSA) is 102 Å². The molecule has 1 aromatic carbocycles. The van der Waals surface area contributed by atoms with Crippen molar-refractivity contribution in [3.8, 4) is 11.5 Å². The van der Waals surface area contributed by atoms with Crippen molar-refractivity contribution in [1.82, 2.24) is 9.55 Å². The van der Waals surface area contributed by atoms with Gasteiger partial charge in [-0.3, -0.25) is 19.1 Å². The summed E-state index contributed by atoms with van der Waals surface area (Å²) in [5, 5.41) is 3.28. The summed E-state index contributed by atoms with van der Waals surface area (Å²) in [6.45, 7) is 2.52. The third kappa shape index (κ3) is 3.66. The number of ketones is 1. The maximum Gasteiger partial charge on any atom is 0.329 e. The molecule has 31 heavy (non-hydrogen) atoms. The quantitative estimate of drug-likeness (QED) is 0.738. The number of Topliss-reactive ketones (excluding diaryl/α,β-unsaturated/α-hetero) is 1. The number of anilines is 1. The zero-order chi connectivity index (χ0) is 22.1. The number of aromatic nitrogens is 2. The highest BCUT2D eigenvalue weighted by molar-refractivity contribution is 6.01. The summed E-state index contributed by atoms with van der Waals surface area (Å²) < 4.78 is 12.4. The number of hydrogen-bond donors (Lipinski definition) is 2. The number of hydrogen-bond acceptors (Lipinski definition) is 6. The molecular weight excluding hydrogens is 398 g/mol. The molecule has 4 rings (SSSR count). The van der Waals surface area contributed by atoms with Crippen LogP contribution < -0.4 is 26.0 Å². The van der Waals surface area contributed by atoms with E-state index in [-0.39, 0.29) is 5.78 Å². The van der Waals surface area contributed by atoms with Crippen molar-refractivity contribution in [2.24, 2.45) is 0 Å². The number of carbonyl (C=O) groups is 1. The molecule has 0 spiro atoms. The zero-order valence-electron chi connectivity index (χ0n) is 18.0. The lowest BCUT2D eigenvalue weighted by molar-refractivity contribution is -0.116. The van der Waals surface area contributed by atoms with Gasteiger partial charge in [-0.15, -0.1) is 0 Å². The Labute approximate surface area is 179 Å². The van der Waals surface area contributed by atoms with Crippen molar-refractivity contribution in [3.63, 3.8) is 0 Å². The number of unbranched alkanes of at least 4 members (excludes halogenated alkanes) is 1. The second-order valence-electron chi connectivity index (χ2n) is 7.90. The Morgan fingerprint density at radius 3 is 2.42 bits per heavy atom. The standard InChI is InChI=1S/C23H27N3O5/c1-4-5-9-26-21-20(22(28)25-23(26)29)18(19-16(24-21)7-6-8-17(19)27)13-10-14(30-2)12-15(11-13)31-3/h10-12,18,24H,4-9H2,1-3H3,(H,25,28,29). The normalized spacial score (nSPS) is 17.6. The second-order valence-corrected chi connectivity index (χ2v) is 7.90. The van der Waals surface area contributed by atoms with Gasteiger partial charge in [-0.25, -0.2) is 4.79 Å². The molecule has 0 bridgehead atoms. The number of aromatic amines is 1. The molecule has 1 atom stereocenters. The van der Waals surface area contributed by atoms with E-state index in [9.17, 15) is 14.4 Å². The average molecular weight is 425 g/mol. The lowest BCUT2D eigenvalue weighted by Gasteiger charge is -2.34. The van der Waals surface area contributed by atoms with E-state index in [1.165, 1.54) is 0 Å². The molecule has 2 N–H and O–H groups in total. The first kappa shape index (κ1) is 21.0. The van der Waals surface area contributed by atoms with Gasteiger partial charge in [0.25, 0.3) is 5.56 Å². The third-order valence-corrected chi connectivity index (χ3v) is 5.98. The highest BCUT2D eigenvalue weighted by Crippen LogP contribution is 2.45. The second kappa shape index (κ2) is 8.45. The molecule has 0 saturated carbocycles. The summed E-state index contributed by atoms with van der Waals surface area (Å²) in [6, 6.07) is 5.38. The Bertz CT molecular complexity index is 1150. The number of allylic oxidation sites excluding steroid dienone is 2. The number of fused-ring (bicyclic) bond motifs is 1. The molecule has 8 nitrogen and oxygen atoms in total. The molecule has 0 fully saturated rings. The molecule has 164 valence electrons. The predicted octanol–water partition coefficient (Wildman–Crippen LogP) is 2.92. The fourth-order valence-corrected chi connectivity index (χ4v) is 4.46. The fraction of sp³-hybridized carbons (Fsp3) is 0.435. The van der Waals surface area contributed by atoms with Crippen LogP contribution in [0.3, 0.4) is 0 Å². The van der Waals surface area contributed by atoms with E-state index in [2.05, 4.69) is 10.3 Å². The Hall–Kier alpha value is -3.29. The van der Waals surface area contributed by atoms with Gasteiger partial charge in [-0.05, 0) is 37.0 Å². The lowest BCUT2D eigenvalue weighted by atomic mass is 9.76. The number of carbonyl (C=O) groups excluding carboxylic acids is 1. The van der Waals surface area contributed by atoms with E-state index in [4.69, 9.17) is 9.47 Å². The average Bonchev–Trinajstić information content (AvgIpc) is 2.77.